The van der Waals surface area contributed by atoms with Crippen molar-refractivity contribution in [2.24, 2.45) is 0 Å². The van der Waals surface area contributed by atoms with Crippen LogP contribution in [0.1, 0.15) is 6.92 Å². The summed E-state index contributed by atoms with van der Waals surface area (Å²) in [5.41, 5.74) is 1.78. The topological polar surface area (TPSA) is 50.8 Å². The third-order valence-electron chi connectivity index (χ3n) is 4.34. The van der Waals surface area contributed by atoms with E-state index in [0.717, 1.165) is 29.4 Å². The van der Waals surface area contributed by atoms with Gasteiger partial charge in [0.1, 0.15) is 24.7 Å². The van der Waals surface area contributed by atoms with Crippen molar-refractivity contribution in [3.05, 3.63) is 84.9 Å². The Balaban J connectivity index is 1.43. The highest BCUT2D eigenvalue weighted by Gasteiger charge is 2.10. The number of benzene rings is 3. The first kappa shape index (κ1) is 20.3. The number of rotatable bonds is 10. The molecular weight excluding hydrogens is 364 g/mol. The van der Waals surface area contributed by atoms with Gasteiger partial charge in [-0.3, -0.25) is 4.79 Å². The van der Waals surface area contributed by atoms with Gasteiger partial charge >= 0.3 is 0 Å². The lowest BCUT2D eigenvalue weighted by Crippen LogP contribution is -2.33. The molecule has 3 aromatic carbocycles. The van der Waals surface area contributed by atoms with Gasteiger partial charge in [-0.1, -0.05) is 36.4 Å². The number of ether oxygens (including phenoxy) is 2. The largest absolute Gasteiger partial charge is 0.490 e. The first-order chi connectivity index (χ1) is 14.2. The number of hydrogen-bond donors (Lipinski definition) is 1. The number of para-hydroxylation sites is 2. The van der Waals surface area contributed by atoms with Gasteiger partial charge in [-0.15, -0.1) is 0 Å². The fourth-order valence-corrected chi connectivity index (χ4v) is 2.87. The molecule has 0 aromatic heterocycles. The summed E-state index contributed by atoms with van der Waals surface area (Å²) in [5, 5.41) is 2.93. The average molecular weight is 390 g/mol. The molecule has 0 fully saturated rings. The van der Waals surface area contributed by atoms with Crippen LogP contribution in [0.3, 0.4) is 0 Å². The number of nitrogens with zero attached hydrogens (tertiary/aromatic N) is 1. The van der Waals surface area contributed by atoms with Gasteiger partial charge in [0, 0.05) is 17.9 Å². The van der Waals surface area contributed by atoms with Gasteiger partial charge in [-0.25, -0.2) is 0 Å². The highest BCUT2D eigenvalue weighted by Crippen LogP contribution is 2.17. The lowest BCUT2D eigenvalue weighted by Gasteiger charge is -2.22. The number of likely N-dealkylation sites (N-methyl/N-ethyl adjacent to an activating group) is 1. The van der Waals surface area contributed by atoms with Gasteiger partial charge in [0.05, 0.1) is 6.54 Å². The molecule has 0 aliphatic heterocycles. The monoisotopic (exact) mass is 390 g/mol. The highest BCUT2D eigenvalue weighted by atomic mass is 16.5. The first-order valence-corrected chi connectivity index (χ1v) is 9.75. The van der Waals surface area contributed by atoms with E-state index in [1.165, 1.54) is 0 Å². The molecule has 29 heavy (non-hydrogen) atoms. The first-order valence-electron chi connectivity index (χ1n) is 9.75. The summed E-state index contributed by atoms with van der Waals surface area (Å²) < 4.78 is 11.3. The Kier molecular flexibility index (Phi) is 7.52. The maximum absolute atomic E-state index is 12.4. The van der Waals surface area contributed by atoms with E-state index in [1.54, 1.807) is 0 Å². The van der Waals surface area contributed by atoms with Crippen molar-refractivity contribution >= 4 is 17.3 Å². The summed E-state index contributed by atoms with van der Waals surface area (Å²) in [4.78, 5) is 14.4. The molecule has 3 aromatic rings. The van der Waals surface area contributed by atoms with Crippen LogP contribution >= 0.6 is 0 Å². The van der Waals surface area contributed by atoms with Crippen LogP contribution in [0.2, 0.25) is 0 Å². The second-order valence-corrected chi connectivity index (χ2v) is 6.43. The molecule has 0 aliphatic carbocycles. The van der Waals surface area contributed by atoms with E-state index in [0.29, 0.717) is 19.8 Å². The molecule has 0 spiro atoms. The molecule has 0 unspecified atom stereocenters. The number of carbonyl (C=O) groups excluding carboxylic acids is 1. The van der Waals surface area contributed by atoms with Crippen LogP contribution < -0.4 is 19.7 Å². The number of carbonyl (C=O) groups is 1. The fraction of sp³-hybridized carbons (Fsp3) is 0.208. The molecule has 5 heteroatoms. The SMILES string of the molecule is CCN(CC(=O)Nc1ccc(OCCOc2ccccc2)cc1)c1ccccc1. The van der Waals surface area contributed by atoms with E-state index in [-0.39, 0.29) is 5.91 Å². The summed E-state index contributed by atoms with van der Waals surface area (Å²) in [6, 6.07) is 26.9. The summed E-state index contributed by atoms with van der Waals surface area (Å²) in [6.45, 7) is 4.01. The third kappa shape index (κ3) is 6.57. The van der Waals surface area contributed by atoms with Crippen LogP contribution in [-0.2, 0) is 4.79 Å². The smallest absolute Gasteiger partial charge is 0.243 e. The Morgan fingerprint density at radius 1 is 0.793 bits per heavy atom. The van der Waals surface area contributed by atoms with Crippen LogP contribution in [0.5, 0.6) is 11.5 Å². The zero-order valence-electron chi connectivity index (χ0n) is 16.6. The normalized spacial score (nSPS) is 10.2. The minimum Gasteiger partial charge on any atom is -0.490 e. The zero-order chi connectivity index (χ0) is 20.3. The second-order valence-electron chi connectivity index (χ2n) is 6.43. The van der Waals surface area contributed by atoms with Crippen LogP contribution in [0.15, 0.2) is 84.9 Å². The molecule has 150 valence electrons. The van der Waals surface area contributed by atoms with Gasteiger partial charge < -0.3 is 19.7 Å². The Bertz CT molecular complexity index is 868. The molecule has 0 aliphatic rings. The predicted molar refractivity (Wildman–Crippen MR) is 117 cm³/mol. The Hall–Kier alpha value is -3.47. The number of anilines is 2. The Labute approximate surface area is 171 Å². The summed E-state index contributed by atoms with van der Waals surface area (Å²) in [6.07, 6.45) is 0. The van der Waals surface area contributed by atoms with E-state index in [4.69, 9.17) is 9.47 Å². The van der Waals surface area contributed by atoms with E-state index in [9.17, 15) is 4.79 Å². The van der Waals surface area contributed by atoms with Crippen molar-refractivity contribution in [3.63, 3.8) is 0 Å². The molecule has 0 radical (unpaired) electrons. The second kappa shape index (κ2) is 10.8. The van der Waals surface area contributed by atoms with E-state index in [2.05, 4.69) is 5.32 Å². The maximum atomic E-state index is 12.4. The molecule has 3 rings (SSSR count). The molecule has 1 N–H and O–H groups in total. The molecule has 0 saturated heterocycles. The minimum absolute atomic E-state index is 0.0550. The van der Waals surface area contributed by atoms with Crippen molar-refractivity contribution in [2.75, 3.05) is 36.5 Å². The van der Waals surface area contributed by atoms with Gasteiger partial charge in [0.2, 0.25) is 5.91 Å². The third-order valence-corrected chi connectivity index (χ3v) is 4.34. The summed E-state index contributed by atoms with van der Waals surface area (Å²) in [5.74, 6) is 1.51. The average Bonchev–Trinajstić information content (AvgIpc) is 2.77. The zero-order valence-corrected chi connectivity index (χ0v) is 16.6. The Morgan fingerprint density at radius 2 is 1.34 bits per heavy atom. The number of hydrogen-bond acceptors (Lipinski definition) is 4. The van der Waals surface area contributed by atoms with Crippen molar-refractivity contribution < 1.29 is 14.3 Å². The number of amides is 1. The van der Waals surface area contributed by atoms with E-state index < -0.39 is 0 Å². The Morgan fingerprint density at radius 3 is 1.93 bits per heavy atom. The van der Waals surface area contributed by atoms with Crippen molar-refractivity contribution in [1.29, 1.82) is 0 Å². The van der Waals surface area contributed by atoms with Crippen molar-refractivity contribution in [2.45, 2.75) is 6.92 Å². The van der Waals surface area contributed by atoms with Gasteiger partial charge in [-0.05, 0) is 55.5 Å². The van der Waals surface area contributed by atoms with Crippen LogP contribution in [0.4, 0.5) is 11.4 Å². The molecule has 0 saturated carbocycles. The lowest BCUT2D eigenvalue weighted by molar-refractivity contribution is -0.115. The summed E-state index contributed by atoms with van der Waals surface area (Å²) >= 11 is 0. The van der Waals surface area contributed by atoms with Gasteiger partial charge in [0.15, 0.2) is 0 Å². The van der Waals surface area contributed by atoms with Crippen LogP contribution in [-0.4, -0.2) is 32.2 Å². The van der Waals surface area contributed by atoms with Gasteiger partial charge in [0.25, 0.3) is 0 Å². The number of nitrogens with one attached hydrogen (secondary N) is 1. The molecule has 1 amide bonds. The minimum atomic E-state index is -0.0550. The lowest BCUT2D eigenvalue weighted by atomic mass is 10.2. The predicted octanol–water partition coefficient (Wildman–Crippen LogP) is 4.61. The fourth-order valence-electron chi connectivity index (χ4n) is 2.87. The van der Waals surface area contributed by atoms with Gasteiger partial charge in [-0.2, -0.15) is 0 Å². The van der Waals surface area contributed by atoms with E-state index in [1.807, 2.05) is 96.8 Å². The highest BCUT2D eigenvalue weighted by molar-refractivity contribution is 5.94. The standard InChI is InChI=1S/C24H26N2O3/c1-2-26(21-9-5-3-6-10-21)19-24(27)25-20-13-15-23(16-14-20)29-18-17-28-22-11-7-4-8-12-22/h3-16H,2,17-19H2,1H3,(H,25,27). The quantitative estimate of drug-likeness (QED) is 0.514. The van der Waals surface area contributed by atoms with Crippen LogP contribution in [0, 0.1) is 0 Å². The molecule has 5 nitrogen and oxygen atoms in total. The molecule has 0 atom stereocenters. The van der Waals surface area contributed by atoms with Crippen molar-refractivity contribution in [3.8, 4) is 11.5 Å². The maximum Gasteiger partial charge on any atom is 0.243 e. The van der Waals surface area contributed by atoms with E-state index >= 15 is 0 Å². The van der Waals surface area contributed by atoms with Crippen molar-refractivity contribution in [1.82, 2.24) is 0 Å². The summed E-state index contributed by atoms with van der Waals surface area (Å²) in [7, 11) is 0. The molecule has 0 bridgehead atoms. The molecular formula is C24H26N2O3. The van der Waals surface area contributed by atoms with Crippen LogP contribution in [0.25, 0.3) is 0 Å². The molecule has 0 heterocycles.